The van der Waals surface area contributed by atoms with Crippen molar-refractivity contribution in [3.63, 3.8) is 0 Å². The molecule has 114 valence electrons. The van der Waals surface area contributed by atoms with E-state index in [0.717, 1.165) is 29.3 Å². The molecular formula is C14H19N3O2S2. The Morgan fingerprint density at radius 1 is 1.57 bits per heavy atom. The first kappa shape index (κ1) is 14.8. The van der Waals surface area contributed by atoms with E-state index in [4.69, 9.17) is 0 Å². The van der Waals surface area contributed by atoms with Gasteiger partial charge in [-0.15, -0.1) is 11.3 Å². The zero-order chi connectivity index (χ0) is 14.8. The average molecular weight is 325 g/mol. The fraction of sp³-hybridized carbons (Fsp3) is 0.643. The molecule has 0 unspecified atom stereocenters. The van der Waals surface area contributed by atoms with Crippen LogP contribution >= 0.6 is 23.1 Å². The number of amides is 2. The molecule has 1 aromatic rings. The molecule has 1 aliphatic carbocycles. The summed E-state index contributed by atoms with van der Waals surface area (Å²) in [6, 6.07) is 0.406. The standard InChI is InChI=1S/C14H19N3O2S2/c1-20-8-12-16-10(7-21-12)5-15-14(19)9-4-13(18)17(6-9)11-2-3-11/h7,9,11H,2-6,8H2,1H3,(H,15,19)/t9-/m1/s1. The highest BCUT2D eigenvalue weighted by atomic mass is 32.2. The maximum atomic E-state index is 12.2. The van der Waals surface area contributed by atoms with Crippen LogP contribution in [0.25, 0.3) is 0 Å². The number of nitrogens with zero attached hydrogens (tertiary/aromatic N) is 2. The molecule has 1 atom stereocenters. The largest absolute Gasteiger partial charge is 0.350 e. The van der Waals surface area contributed by atoms with E-state index in [2.05, 4.69) is 10.3 Å². The monoisotopic (exact) mass is 325 g/mol. The molecule has 0 aromatic carbocycles. The highest BCUT2D eigenvalue weighted by molar-refractivity contribution is 7.97. The number of aromatic nitrogens is 1. The van der Waals surface area contributed by atoms with Crippen molar-refractivity contribution in [2.75, 3.05) is 12.8 Å². The van der Waals surface area contributed by atoms with Gasteiger partial charge in [-0.2, -0.15) is 11.8 Å². The van der Waals surface area contributed by atoms with Crippen LogP contribution in [-0.2, 0) is 21.9 Å². The Labute approximate surface area is 132 Å². The number of thioether (sulfide) groups is 1. The lowest BCUT2D eigenvalue weighted by atomic mass is 10.1. The maximum absolute atomic E-state index is 12.2. The average Bonchev–Trinajstić information content (AvgIpc) is 3.09. The van der Waals surface area contributed by atoms with E-state index < -0.39 is 0 Å². The quantitative estimate of drug-likeness (QED) is 0.863. The maximum Gasteiger partial charge on any atom is 0.225 e. The van der Waals surface area contributed by atoms with Gasteiger partial charge in [0.25, 0.3) is 0 Å². The molecule has 1 saturated heterocycles. The number of rotatable bonds is 6. The van der Waals surface area contributed by atoms with Crippen LogP contribution in [0.5, 0.6) is 0 Å². The third-order valence-electron chi connectivity index (χ3n) is 3.83. The zero-order valence-corrected chi connectivity index (χ0v) is 13.6. The minimum atomic E-state index is -0.192. The van der Waals surface area contributed by atoms with Crippen molar-refractivity contribution >= 4 is 34.9 Å². The number of nitrogens with one attached hydrogen (secondary N) is 1. The van der Waals surface area contributed by atoms with E-state index in [0.29, 0.717) is 25.6 Å². The Hall–Kier alpha value is -1.08. The van der Waals surface area contributed by atoms with Crippen molar-refractivity contribution in [3.8, 4) is 0 Å². The Bertz CT molecular complexity index is 542. The van der Waals surface area contributed by atoms with E-state index in [1.165, 1.54) is 0 Å². The van der Waals surface area contributed by atoms with Gasteiger partial charge in [0.05, 0.1) is 18.2 Å². The molecule has 5 nitrogen and oxygen atoms in total. The summed E-state index contributed by atoms with van der Waals surface area (Å²) in [5, 5.41) is 5.99. The minimum absolute atomic E-state index is 0.0223. The van der Waals surface area contributed by atoms with Crippen LogP contribution in [0, 0.1) is 5.92 Å². The van der Waals surface area contributed by atoms with E-state index in [-0.39, 0.29) is 17.7 Å². The molecule has 2 aliphatic rings. The van der Waals surface area contributed by atoms with Gasteiger partial charge in [0, 0.05) is 30.1 Å². The summed E-state index contributed by atoms with van der Waals surface area (Å²) in [5.41, 5.74) is 0.903. The Morgan fingerprint density at radius 2 is 2.38 bits per heavy atom. The van der Waals surface area contributed by atoms with Crippen molar-refractivity contribution in [2.24, 2.45) is 5.92 Å². The third kappa shape index (κ3) is 3.58. The van der Waals surface area contributed by atoms with Crippen molar-refractivity contribution in [1.82, 2.24) is 15.2 Å². The molecule has 21 heavy (non-hydrogen) atoms. The van der Waals surface area contributed by atoms with Crippen LogP contribution in [0.15, 0.2) is 5.38 Å². The molecule has 1 aliphatic heterocycles. The summed E-state index contributed by atoms with van der Waals surface area (Å²) in [5.74, 6) is 0.827. The SMILES string of the molecule is CSCc1nc(CNC(=O)[C@@H]2CC(=O)N(C3CC3)C2)cs1. The summed E-state index contributed by atoms with van der Waals surface area (Å²) in [7, 11) is 0. The first-order valence-corrected chi connectivity index (χ1v) is 9.44. The molecule has 1 saturated carbocycles. The van der Waals surface area contributed by atoms with Crippen LogP contribution in [-0.4, -0.2) is 40.5 Å². The summed E-state index contributed by atoms with van der Waals surface area (Å²) < 4.78 is 0. The highest BCUT2D eigenvalue weighted by Crippen LogP contribution is 2.32. The molecule has 1 aromatic heterocycles. The minimum Gasteiger partial charge on any atom is -0.350 e. The molecule has 7 heteroatoms. The normalized spacial score (nSPS) is 21.9. The van der Waals surface area contributed by atoms with Gasteiger partial charge < -0.3 is 10.2 Å². The predicted octanol–water partition coefficient (Wildman–Crippen LogP) is 1.63. The first-order valence-electron chi connectivity index (χ1n) is 7.16. The summed E-state index contributed by atoms with van der Waals surface area (Å²) in [6.45, 7) is 1.04. The highest BCUT2D eigenvalue weighted by Gasteiger charge is 2.41. The van der Waals surface area contributed by atoms with E-state index in [9.17, 15) is 9.59 Å². The molecule has 1 N–H and O–H groups in total. The Morgan fingerprint density at radius 3 is 3.10 bits per heavy atom. The van der Waals surface area contributed by atoms with Crippen LogP contribution in [0.2, 0.25) is 0 Å². The molecule has 2 fully saturated rings. The molecule has 0 bridgehead atoms. The summed E-state index contributed by atoms with van der Waals surface area (Å²) in [4.78, 5) is 30.4. The molecule has 0 radical (unpaired) electrons. The Kier molecular flexibility index (Phi) is 4.49. The number of carbonyl (C=O) groups excluding carboxylic acids is 2. The second-order valence-electron chi connectivity index (χ2n) is 5.56. The van der Waals surface area contributed by atoms with Crippen molar-refractivity contribution < 1.29 is 9.59 Å². The first-order chi connectivity index (χ1) is 10.2. The number of thiazole rings is 1. The molecular weight excluding hydrogens is 306 g/mol. The summed E-state index contributed by atoms with van der Waals surface area (Å²) >= 11 is 3.36. The lowest BCUT2D eigenvalue weighted by molar-refractivity contribution is -0.129. The van der Waals surface area contributed by atoms with Crippen LogP contribution < -0.4 is 5.32 Å². The van der Waals surface area contributed by atoms with Gasteiger partial charge in [0.2, 0.25) is 11.8 Å². The smallest absolute Gasteiger partial charge is 0.225 e. The number of carbonyl (C=O) groups is 2. The lowest BCUT2D eigenvalue weighted by Gasteiger charge is -2.15. The predicted molar refractivity (Wildman–Crippen MR) is 84.0 cm³/mol. The van der Waals surface area contributed by atoms with Crippen LogP contribution in [0.4, 0.5) is 0 Å². The fourth-order valence-electron chi connectivity index (χ4n) is 2.59. The van der Waals surface area contributed by atoms with E-state index >= 15 is 0 Å². The lowest BCUT2D eigenvalue weighted by Crippen LogP contribution is -2.33. The molecule has 0 spiro atoms. The van der Waals surface area contributed by atoms with E-state index in [1.807, 2.05) is 16.5 Å². The number of hydrogen-bond acceptors (Lipinski definition) is 5. The van der Waals surface area contributed by atoms with Crippen LogP contribution in [0.3, 0.4) is 0 Å². The van der Waals surface area contributed by atoms with Crippen molar-refractivity contribution in [2.45, 2.75) is 37.6 Å². The van der Waals surface area contributed by atoms with Gasteiger partial charge in [0.1, 0.15) is 5.01 Å². The van der Waals surface area contributed by atoms with Gasteiger partial charge in [0.15, 0.2) is 0 Å². The summed E-state index contributed by atoms with van der Waals surface area (Å²) in [6.07, 6.45) is 4.59. The second kappa shape index (κ2) is 6.36. The van der Waals surface area contributed by atoms with Gasteiger partial charge in [-0.1, -0.05) is 0 Å². The van der Waals surface area contributed by atoms with E-state index in [1.54, 1.807) is 23.1 Å². The number of likely N-dealkylation sites (tertiary alicyclic amines) is 1. The molecule has 3 rings (SSSR count). The second-order valence-corrected chi connectivity index (χ2v) is 7.37. The van der Waals surface area contributed by atoms with Gasteiger partial charge in [-0.3, -0.25) is 9.59 Å². The van der Waals surface area contributed by atoms with Gasteiger partial charge >= 0.3 is 0 Å². The van der Waals surface area contributed by atoms with Gasteiger partial charge in [-0.25, -0.2) is 4.98 Å². The van der Waals surface area contributed by atoms with Gasteiger partial charge in [-0.05, 0) is 19.1 Å². The topological polar surface area (TPSA) is 62.3 Å². The Balaban J connectivity index is 1.48. The third-order valence-corrected chi connectivity index (χ3v) is 5.47. The van der Waals surface area contributed by atoms with Crippen molar-refractivity contribution in [1.29, 1.82) is 0 Å². The van der Waals surface area contributed by atoms with Crippen molar-refractivity contribution in [3.05, 3.63) is 16.1 Å². The zero-order valence-electron chi connectivity index (χ0n) is 12.0. The molecule has 2 amide bonds. The fourth-order valence-corrected chi connectivity index (χ4v) is 4.10. The van der Waals surface area contributed by atoms with Crippen LogP contribution in [0.1, 0.15) is 30.0 Å². The number of hydrogen-bond donors (Lipinski definition) is 1. The molecule has 2 heterocycles.